The second kappa shape index (κ2) is 7.63. The van der Waals surface area contributed by atoms with Gasteiger partial charge in [-0.3, -0.25) is 9.36 Å². The van der Waals surface area contributed by atoms with E-state index in [0.717, 1.165) is 4.90 Å². The molecule has 0 aliphatic carbocycles. The van der Waals surface area contributed by atoms with Crippen LogP contribution in [0.15, 0.2) is 35.2 Å². The molecule has 0 aliphatic heterocycles. The zero-order chi connectivity index (χ0) is 14.3. The fourth-order valence-corrected chi connectivity index (χ4v) is 3.44. The quantitative estimate of drug-likeness (QED) is 0.569. The van der Waals surface area contributed by atoms with Gasteiger partial charge in [-0.1, -0.05) is 31.5 Å². The Balaban J connectivity index is 2.78. The number of rotatable bonds is 8. The van der Waals surface area contributed by atoms with E-state index in [1.165, 1.54) is 11.8 Å². The van der Waals surface area contributed by atoms with Gasteiger partial charge >= 0.3 is 5.97 Å². The van der Waals surface area contributed by atoms with Crippen molar-refractivity contribution in [1.29, 1.82) is 0 Å². The van der Waals surface area contributed by atoms with Gasteiger partial charge in [0.1, 0.15) is 0 Å². The summed E-state index contributed by atoms with van der Waals surface area (Å²) >= 11 is 1.30. The van der Waals surface area contributed by atoms with Crippen LogP contribution in [0.3, 0.4) is 0 Å². The van der Waals surface area contributed by atoms with Crippen molar-refractivity contribution < 1.29 is 19.6 Å². The molecule has 0 amide bonds. The third-order valence-corrected chi connectivity index (χ3v) is 4.98. The Morgan fingerprint density at radius 2 is 2.05 bits per heavy atom. The van der Waals surface area contributed by atoms with Gasteiger partial charge in [-0.05, 0) is 18.6 Å². The van der Waals surface area contributed by atoms with Crippen molar-refractivity contribution in [2.24, 2.45) is 5.92 Å². The zero-order valence-electron chi connectivity index (χ0n) is 10.7. The molecule has 0 bridgehead atoms. The van der Waals surface area contributed by atoms with Gasteiger partial charge in [-0.2, -0.15) is 0 Å². The Hall–Kier alpha value is -0.900. The van der Waals surface area contributed by atoms with E-state index in [-0.39, 0.29) is 5.75 Å². The van der Waals surface area contributed by atoms with E-state index in [9.17, 15) is 14.5 Å². The van der Waals surface area contributed by atoms with Crippen LogP contribution in [0.5, 0.6) is 0 Å². The van der Waals surface area contributed by atoms with Crippen LogP contribution in [0.2, 0.25) is 0 Å². The average molecular weight is 300 g/mol. The van der Waals surface area contributed by atoms with Crippen LogP contribution in [-0.2, 0) is 9.36 Å². The predicted molar refractivity (Wildman–Crippen MR) is 75.8 cm³/mol. The minimum absolute atomic E-state index is 0.0824. The molecule has 1 rings (SSSR count). The van der Waals surface area contributed by atoms with Gasteiger partial charge in [0.15, 0.2) is 13.8 Å². The molecule has 0 heterocycles. The summed E-state index contributed by atoms with van der Waals surface area (Å²) in [6.45, 7) is 1.84. The smallest absolute Gasteiger partial charge is 0.310 e. The zero-order valence-corrected chi connectivity index (χ0v) is 12.4. The van der Waals surface area contributed by atoms with E-state index in [1.807, 2.05) is 37.3 Å². The van der Waals surface area contributed by atoms with Crippen molar-refractivity contribution >= 4 is 26.2 Å². The van der Waals surface area contributed by atoms with Crippen molar-refractivity contribution in [2.45, 2.75) is 30.0 Å². The summed E-state index contributed by atoms with van der Waals surface area (Å²) < 4.78 is 11.2. The van der Waals surface area contributed by atoms with Gasteiger partial charge in [-0.15, -0.1) is 11.8 Å². The molecule has 0 radical (unpaired) electrons. The molecule has 6 heteroatoms. The summed E-state index contributed by atoms with van der Waals surface area (Å²) in [6.07, 6.45) is 0.918. The van der Waals surface area contributed by atoms with E-state index in [1.54, 1.807) is 0 Å². The molecule has 0 spiro atoms. The molecule has 0 aliphatic rings. The van der Waals surface area contributed by atoms with Gasteiger partial charge < -0.3 is 10.2 Å². The monoisotopic (exact) mass is 300 g/mol. The number of aliphatic hydroxyl groups is 1. The van der Waals surface area contributed by atoms with Crippen molar-refractivity contribution in [2.75, 3.05) is 5.75 Å². The average Bonchev–Trinajstić information content (AvgIpc) is 2.43. The topological polar surface area (TPSA) is 74.6 Å². The first kappa shape index (κ1) is 16.2. The third-order valence-electron chi connectivity index (χ3n) is 2.79. The summed E-state index contributed by atoms with van der Waals surface area (Å²) in [4.78, 5) is 12.1. The lowest BCUT2D eigenvalue weighted by molar-refractivity contribution is -0.146. The van der Waals surface area contributed by atoms with Crippen LogP contribution < -0.4 is 0 Å². The molecule has 0 aromatic heterocycles. The van der Waals surface area contributed by atoms with E-state index in [4.69, 9.17) is 5.11 Å². The minimum atomic E-state index is -1.73. The molecule has 0 saturated carbocycles. The fraction of sp³-hybridized carbons (Fsp3) is 0.462. The molecule has 2 unspecified atom stereocenters. The Labute approximate surface area is 118 Å². The normalized spacial score (nSPS) is 15.9. The van der Waals surface area contributed by atoms with Crippen LogP contribution in [0, 0.1) is 5.92 Å². The van der Waals surface area contributed by atoms with Gasteiger partial charge in [0.25, 0.3) is 0 Å². The highest BCUT2D eigenvalue weighted by atomic mass is 32.2. The van der Waals surface area contributed by atoms with Crippen LogP contribution in [0.4, 0.5) is 0 Å². The lowest BCUT2D eigenvalue weighted by Gasteiger charge is -2.26. The largest absolute Gasteiger partial charge is 0.481 e. The fourth-order valence-electron chi connectivity index (χ4n) is 1.74. The molecule has 4 nitrogen and oxygen atoms in total. The van der Waals surface area contributed by atoms with Crippen LogP contribution in [-0.4, -0.2) is 27.3 Å². The number of carboxylic acids is 1. The van der Waals surface area contributed by atoms with E-state index < -0.39 is 25.7 Å². The van der Waals surface area contributed by atoms with Gasteiger partial charge in [-0.25, -0.2) is 0 Å². The van der Waals surface area contributed by atoms with Crippen LogP contribution in [0.1, 0.15) is 19.8 Å². The van der Waals surface area contributed by atoms with Gasteiger partial charge in [0.05, 0.1) is 5.92 Å². The first-order chi connectivity index (χ1) is 9.03. The molecular weight excluding hydrogens is 283 g/mol. The second-order valence-corrected chi connectivity index (χ2v) is 6.26. The number of thioether (sulfide) groups is 1. The highest BCUT2D eigenvalue weighted by Crippen LogP contribution is 2.37. The lowest BCUT2D eigenvalue weighted by Crippen LogP contribution is -2.39. The number of aliphatic carboxylic acids is 1. The molecule has 1 aromatic carbocycles. The second-order valence-electron chi connectivity index (χ2n) is 4.25. The van der Waals surface area contributed by atoms with Crippen LogP contribution in [0.25, 0.3) is 0 Å². The number of carboxylic acid groups (broad SMARTS) is 1. The highest BCUT2D eigenvalue weighted by Gasteiger charge is 2.42. The van der Waals surface area contributed by atoms with Crippen molar-refractivity contribution in [3.05, 3.63) is 30.3 Å². The molecule has 104 valence electrons. The Kier molecular flexibility index (Phi) is 6.49. The van der Waals surface area contributed by atoms with E-state index in [2.05, 4.69) is 0 Å². The molecule has 19 heavy (non-hydrogen) atoms. The summed E-state index contributed by atoms with van der Waals surface area (Å²) in [5.41, 5.74) is 0. The maximum absolute atomic E-state index is 11.2. The molecule has 2 N–H and O–H groups in total. The molecular formula is C13H17O4PS. The van der Waals surface area contributed by atoms with E-state index in [0.29, 0.717) is 12.8 Å². The Morgan fingerprint density at radius 3 is 2.53 bits per heavy atom. The van der Waals surface area contributed by atoms with Crippen molar-refractivity contribution in [3.8, 4) is 0 Å². The SMILES string of the molecule is CCCC(C(=O)O)C(O)(CSc1ccccc1)P=O. The predicted octanol–water partition coefficient (Wildman–Crippen LogP) is 3.26. The summed E-state index contributed by atoms with van der Waals surface area (Å²) in [6, 6.07) is 9.32. The number of carbonyl (C=O) groups is 1. The number of hydrogen-bond donors (Lipinski definition) is 2. The van der Waals surface area contributed by atoms with Gasteiger partial charge in [0, 0.05) is 10.6 Å². The summed E-state index contributed by atoms with van der Waals surface area (Å²) in [5.74, 6) is -2.05. The minimum Gasteiger partial charge on any atom is -0.481 e. The lowest BCUT2D eigenvalue weighted by atomic mass is 9.98. The number of hydrogen-bond acceptors (Lipinski definition) is 4. The molecule has 0 saturated heterocycles. The molecule has 1 aromatic rings. The van der Waals surface area contributed by atoms with Crippen molar-refractivity contribution in [3.63, 3.8) is 0 Å². The van der Waals surface area contributed by atoms with E-state index >= 15 is 0 Å². The van der Waals surface area contributed by atoms with Crippen LogP contribution >= 0.6 is 20.2 Å². The highest BCUT2D eigenvalue weighted by molar-refractivity contribution is 7.99. The maximum Gasteiger partial charge on any atom is 0.310 e. The van der Waals surface area contributed by atoms with Gasteiger partial charge in [0.2, 0.25) is 0 Å². The molecule has 2 atom stereocenters. The Morgan fingerprint density at radius 1 is 1.42 bits per heavy atom. The first-order valence-electron chi connectivity index (χ1n) is 6.01. The number of benzene rings is 1. The standard InChI is InChI=1S/C13H17O4PS/c1-2-6-11(12(14)15)13(16,18-17)9-19-10-7-4-3-5-8-10/h3-5,7-8,11,16H,2,6,9H2,1H3,(H,14,15). The third kappa shape index (κ3) is 4.60. The Bertz CT molecular complexity index is 426. The molecule has 0 fully saturated rings. The first-order valence-corrected chi connectivity index (χ1v) is 7.81. The van der Waals surface area contributed by atoms with Crippen molar-refractivity contribution in [1.82, 2.24) is 0 Å². The summed E-state index contributed by atoms with van der Waals surface area (Å²) in [7, 11) is -0.544. The maximum atomic E-state index is 11.2. The summed E-state index contributed by atoms with van der Waals surface area (Å²) in [5, 5.41) is 17.7.